The summed E-state index contributed by atoms with van der Waals surface area (Å²) in [5, 5.41) is 10.4. The topological polar surface area (TPSA) is 62.9 Å². The highest BCUT2D eigenvalue weighted by molar-refractivity contribution is 5.97. The van der Waals surface area contributed by atoms with Crippen molar-refractivity contribution >= 4 is 16.9 Å². The van der Waals surface area contributed by atoms with Crippen molar-refractivity contribution in [2.45, 2.75) is 25.4 Å². The largest absolute Gasteiger partial charge is 0.493 e. The maximum Gasteiger partial charge on any atom is 0.289 e. The van der Waals surface area contributed by atoms with E-state index >= 15 is 0 Å². The number of fused-ring (bicyclic) bond motifs is 1. The Bertz CT molecular complexity index is 954. The Morgan fingerprint density at radius 3 is 2.70 bits per heavy atom. The van der Waals surface area contributed by atoms with E-state index in [0.717, 1.165) is 23.8 Å². The van der Waals surface area contributed by atoms with Crippen molar-refractivity contribution in [1.82, 2.24) is 4.90 Å². The van der Waals surface area contributed by atoms with Crippen LogP contribution in [0.25, 0.3) is 11.0 Å². The molecule has 5 heteroatoms. The second-order valence-corrected chi connectivity index (χ2v) is 6.91. The Morgan fingerprint density at radius 2 is 1.96 bits per heavy atom. The van der Waals surface area contributed by atoms with Gasteiger partial charge < -0.3 is 19.2 Å². The van der Waals surface area contributed by atoms with Gasteiger partial charge in [0.15, 0.2) is 17.1 Å². The summed E-state index contributed by atoms with van der Waals surface area (Å²) >= 11 is 0. The highest BCUT2D eigenvalue weighted by Gasteiger charge is 2.27. The predicted molar refractivity (Wildman–Crippen MR) is 103 cm³/mol. The zero-order chi connectivity index (χ0) is 18.8. The van der Waals surface area contributed by atoms with E-state index in [4.69, 9.17) is 9.15 Å². The molecule has 0 unspecified atom stereocenters. The van der Waals surface area contributed by atoms with Crippen molar-refractivity contribution in [1.29, 1.82) is 0 Å². The van der Waals surface area contributed by atoms with Gasteiger partial charge in [-0.25, -0.2) is 0 Å². The van der Waals surface area contributed by atoms with Crippen LogP contribution in [0.2, 0.25) is 0 Å². The maximum absolute atomic E-state index is 12.9. The molecule has 140 valence electrons. The van der Waals surface area contributed by atoms with E-state index in [9.17, 15) is 9.90 Å². The molecule has 0 radical (unpaired) electrons. The molecular weight excluding hydrogens is 342 g/mol. The first-order valence-electron chi connectivity index (χ1n) is 9.25. The minimum atomic E-state index is -0.0813. The fourth-order valence-corrected chi connectivity index (χ4v) is 3.93. The summed E-state index contributed by atoms with van der Waals surface area (Å²) in [4.78, 5) is 14.7. The number of furan rings is 1. The minimum Gasteiger partial charge on any atom is -0.493 e. The van der Waals surface area contributed by atoms with Crippen molar-refractivity contribution in [3.05, 3.63) is 65.4 Å². The summed E-state index contributed by atoms with van der Waals surface area (Å²) in [6.45, 7) is 1.41. The smallest absolute Gasteiger partial charge is 0.289 e. The quantitative estimate of drug-likeness (QED) is 0.760. The molecule has 0 saturated carbocycles. The zero-order valence-electron chi connectivity index (χ0n) is 15.4. The molecule has 0 aliphatic carbocycles. The average molecular weight is 365 g/mol. The summed E-state index contributed by atoms with van der Waals surface area (Å²) < 4.78 is 11.1. The van der Waals surface area contributed by atoms with Crippen LogP contribution in [0, 0.1) is 0 Å². The molecule has 1 saturated heterocycles. The van der Waals surface area contributed by atoms with E-state index in [1.54, 1.807) is 13.2 Å². The van der Waals surface area contributed by atoms with Crippen molar-refractivity contribution in [2.24, 2.45) is 0 Å². The number of benzene rings is 2. The first-order chi connectivity index (χ1) is 13.2. The predicted octanol–water partition coefficient (Wildman–Crippen LogP) is 3.95. The highest BCUT2D eigenvalue weighted by Crippen LogP contribution is 2.33. The molecule has 2 aromatic carbocycles. The minimum absolute atomic E-state index is 0.0517. The lowest BCUT2D eigenvalue weighted by molar-refractivity contribution is 0.0682. The highest BCUT2D eigenvalue weighted by atomic mass is 16.5. The van der Waals surface area contributed by atoms with Crippen LogP contribution in [-0.4, -0.2) is 36.1 Å². The van der Waals surface area contributed by atoms with E-state index in [1.165, 1.54) is 5.56 Å². The van der Waals surface area contributed by atoms with Crippen molar-refractivity contribution in [3.8, 4) is 5.75 Å². The van der Waals surface area contributed by atoms with Crippen LogP contribution in [0.15, 0.2) is 52.9 Å². The number of amides is 1. The van der Waals surface area contributed by atoms with Gasteiger partial charge in [-0.1, -0.05) is 36.4 Å². The van der Waals surface area contributed by atoms with Crippen LogP contribution in [0.3, 0.4) is 0 Å². The van der Waals surface area contributed by atoms with Gasteiger partial charge in [0, 0.05) is 18.5 Å². The standard InChI is InChI=1S/C22H23NO4/c1-26-19-8-4-6-16-13-20(27-21(16)19)22(25)23-11-9-15(10-12-23)18-7-3-2-5-17(18)14-24/h2-8,13,15,24H,9-12,14H2,1H3. The Kier molecular flexibility index (Phi) is 4.86. The normalized spacial score (nSPS) is 15.3. The van der Waals surface area contributed by atoms with Gasteiger partial charge in [0.25, 0.3) is 5.91 Å². The average Bonchev–Trinajstić information content (AvgIpc) is 3.17. The van der Waals surface area contributed by atoms with E-state index < -0.39 is 0 Å². The van der Waals surface area contributed by atoms with Gasteiger partial charge in [0.1, 0.15) is 0 Å². The lowest BCUT2D eigenvalue weighted by Gasteiger charge is -2.32. The summed E-state index contributed by atoms with van der Waals surface area (Å²) in [5.74, 6) is 1.27. The lowest BCUT2D eigenvalue weighted by atomic mass is 9.86. The number of carbonyl (C=O) groups excluding carboxylic acids is 1. The number of nitrogens with zero attached hydrogens (tertiary/aromatic N) is 1. The molecule has 0 atom stereocenters. The summed E-state index contributed by atoms with van der Waals surface area (Å²) in [5.41, 5.74) is 2.78. The van der Waals surface area contributed by atoms with Crippen LogP contribution in [0.5, 0.6) is 5.75 Å². The third-order valence-electron chi connectivity index (χ3n) is 5.39. The fraction of sp³-hybridized carbons (Fsp3) is 0.318. The lowest BCUT2D eigenvalue weighted by Crippen LogP contribution is -2.37. The molecule has 1 fully saturated rings. The molecule has 4 rings (SSSR count). The Labute approximate surface area is 158 Å². The van der Waals surface area contributed by atoms with Gasteiger partial charge in [-0.15, -0.1) is 0 Å². The van der Waals surface area contributed by atoms with E-state index in [1.807, 2.05) is 41.3 Å². The molecule has 1 amide bonds. The Morgan fingerprint density at radius 1 is 1.19 bits per heavy atom. The maximum atomic E-state index is 12.9. The van der Waals surface area contributed by atoms with Gasteiger partial charge in [0.2, 0.25) is 0 Å². The molecule has 1 aromatic heterocycles. The number of aliphatic hydroxyl groups excluding tert-OH is 1. The number of piperidine rings is 1. The van der Waals surface area contributed by atoms with Gasteiger partial charge in [0.05, 0.1) is 13.7 Å². The second-order valence-electron chi connectivity index (χ2n) is 6.91. The molecule has 1 aliphatic rings. The first kappa shape index (κ1) is 17.6. The third kappa shape index (κ3) is 3.30. The fourth-order valence-electron chi connectivity index (χ4n) is 3.93. The van der Waals surface area contributed by atoms with Crippen molar-refractivity contribution < 1.29 is 19.1 Å². The van der Waals surface area contributed by atoms with Crippen LogP contribution in [0.1, 0.15) is 40.4 Å². The van der Waals surface area contributed by atoms with Gasteiger partial charge >= 0.3 is 0 Å². The molecule has 0 bridgehead atoms. The molecular formula is C22H23NO4. The Hall–Kier alpha value is -2.79. The molecule has 3 aromatic rings. The number of carbonyl (C=O) groups is 1. The number of hydrogen-bond donors (Lipinski definition) is 1. The molecule has 1 N–H and O–H groups in total. The number of methoxy groups -OCH3 is 1. The third-order valence-corrected chi connectivity index (χ3v) is 5.39. The number of likely N-dealkylation sites (tertiary alicyclic amines) is 1. The number of aliphatic hydroxyl groups is 1. The molecule has 0 spiro atoms. The van der Waals surface area contributed by atoms with E-state index in [0.29, 0.717) is 36.1 Å². The summed E-state index contributed by atoms with van der Waals surface area (Å²) in [6, 6.07) is 15.4. The zero-order valence-corrected chi connectivity index (χ0v) is 15.4. The number of para-hydroxylation sites is 1. The molecule has 2 heterocycles. The van der Waals surface area contributed by atoms with Crippen LogP contribution in [0.4, 0.5) is 0 Å². The van der Waals surface area contributed by atoms with Gasteiger partial charge in [-0.2, -0.15) is 0 Å². The van der Waals surface area contributed by atoms with Gasteiger partial charge in [-0.3, -0.25) is 4.79 Å². The van der Waals surface area contributed by atoms with Crippen LogP contribution >= 0.6 is 0 Å². The SMILES string of the molecule is COc1cccc2cc(C(=O)N3CCC(c4ccccc4CO)CC3)oc12. The molecule has 1 aliphatic heterocycles. The second kappa shape index (κ2) is 7.45. The van der Waals surface area contributed by atoms with Crippen LogP contribution in [-0.2, 0) is 6.61 Å². The van der Waals surface area contributed by atoms with E-state index in [-0.39, 0.29) is 12.5 Å². The first-order valence-corrected chi connectivity index (χ1v) is 9.25. The van der Waals surface area contributed by atoms with Crippen molar-refractivity contribution in [2.75, 3.05) is 20.2 Å². The Balaban J connectivity index is 1.49. The van der Waals surface area contributed by atoms with E-state index in [2.05, 4.69) is 6.07 Å². The summed E-state index contributed by atoms with van der Waals surface area (Å²) in [7, 11) is 1.59. The number of ether oxygens (including phenoxy) is 1. The molecule has 5 nitrogen and oxygen atoms in total. The summed E-state index contributed by atoms with van der Waals surface area (Å²) in [6.07, 6.45) is 1.76. The van der Waals surface area contributed by atoms with Crippen molar-refractivity contribution in [3.63, 3.8) is 0 Å². The number of rotatable bonds is 4. The van der Waals surface area contributed by atoms with Crippen LogP contribution < -0.4 is 4.74 Å². The van der Waals surface area contributed by atoms with Gasteiger partial charge in [-0.05, 0) is 42.0 Å². The number of hydrogen-bond acceptors (Lipinski definition) is 4. The monoisotopic (exact) mass is 365 g/mol. The molecule has 27 heavy (non-hydrogen) atoms.